The molecule has 0 bridgehead atoms. The van der Waals surface area contributed by atoms with Crippen LogP contribution in [0.4, 0.5) is 10.1 Å². The Labute approximate surface area is 126 Å². The van der Waals surface area contributed by atoms with Gasteiger partial charge >= 0.3 is 0 Å². The van der Waals surface area contributed by atoms with Crippen LogP contribution in [0, 0.1) is 5.82 Å². The summed E-state index contributed by atoms with van der Waals surface area (Å²) in [5.74, 6) is -1.21. The standard InChI is InChI=1S/C15H14ClFN2O2/c16-14-11(2-1-3-12(14)17)15(21)19-8-13(20)9-4-6-10(18)7-5-9/h1-7,13,20H,8,18H2,(H,19,21). The summed E-state index contributed by atoms with van der Waals surface area (Å²) in [5, 5.41) is 12.2. The first kappa shape index (κ1) is 15.3. The Morgan fingerprint density at radius 3 is 2.62 bits per heavy atom. The second-order valence-corrected chi connectivity index (χ2v) is 4.87. The molecule has 6 heteroatoms. The molecule has 0 heterocycles. The van der Waals surface area contributed by atoms with Crippen LogP contribution < -0.4 is 11.1 Å². The van der Waals surface area contributed by atoms with Crippen LogP contribution >= 0.6 is 11.6 Å². The Morgan fingerprint density at radius 1 is 1.29 bits per heavy atom. The maximum atomic E-state index is 13.3. The van der Waals surface area contributed by atoms with E-state index in [1.54, 1.807) is 24.3 Å². The molecule has 0 spiro atoms. The van der Waals surface area contributed by atoms with Gasteiger partial charge in [0.05, 0.1) is 16.7 Å². The first-order valence-electron chi connectivity index (χ1n) is 6.24. The monoisotopic (exact) mass is 308 g/mol. The van der Waals surface area contributed by atoms with Crippen LogP contribution in [0.2, 0.25) is 5.02 Å². The van der Waals surface area contributed by atoms with Gasteiger partial charge in [-0.05, 0) is 29.8 Å². The summed E-state index contributed by atoms with van der Waals surface area (Å²) in [6, 6.07) is 10.6. The maximum absolute atomic E-state index is 13.3. The largest absolute Gasteiger partial charge is 0.399 e. The fourth-order valence-electron chi connectivity index (χ4n) is 1.80. The van der Waals surface area contributed by atoms with Gasteiger partial charge in [-0.25, -0.2) is 4.39 Å². The number of halogens is 2. The molecule has 0 aromatic heterocycles. The number of carbonyl (C=O) groups excluding carboxylic acids is 1. The van der Waals surface area contributed by atoms with E-state index in [4.69, 9.17) is 17.3 Å². The number of nitrogens with two attached hydrogens (primary N) is 1. The molecule has 1 unspecified atom stereocenters. The van der Waals surface area contributed by atoms with Crippen molar-refractivity contribution in [2.75, 3.05) is 12.3 Å². The quantitative estimate of drug-likeness (QED) is 0.760. The third kappa shape index (κ3) is 3.71. The lowest BCUT2D eigenvalue weighted by Crippen LogP contribution is -2.28. The number of carbonyl (C=O) groups is 1. The molecule has 2 rings (SSSR count). The van der Waals surface area contributed by atoms with Gasteiger partial charge in [-0.15, -0.1) is 0 Å². The zero-order valence-electron chi connectivity index (χ0n) is 11.0. The molecule has 0 radical (unpaired) electrons. The Bertz CT molecular complexity index is 647. The average Bonchev–Trinajstić information content (AvgIpc) is 2.48. The highest BCUT2D eigenvalue weighted by Gasteiger charge is 2.15. The Kier molecular flexibility index (Phi) is 4.77. The number of nitrogens with one attached hydrogen (secondary N) is 1. The van der Waals surface area contributed by atoms with Crippen LogP contribution in [-0.2, 0) is 0 Å². The van der Waals surface area contributed by atoms with Gasteiger partial charge < -0.3 is 16.2 Å². The molecule has 110 valence electrons. The molecule has 4 nitrogen and oxygen atoms in total. The van der Waals surface area contributed by atoms with E-state index in [-0.39, 0.29) is 17.1 Å². The van der Waals surface area contributed by atoms with Gasteiger partial charge in [-0.1, -0.05) is 29.8 Å². The lowest BCUT2D eigenvalue weighted by atomic mass is 10.1. The molecule has 1 amide bonds. The number of benzene rings is 2. The van der Waals surface area contributed by atoms with E-state index in [2.05, 4.69) is 5.32 Å². The lowest BCUT2D eigenvalue weighted by Gasteiger charge is -2.13. The van der Waals surface area contributed by atoms with Crippen LogP contribution in [-0.4, -0.2) is 17.6 Å². The summed E-state index contributed by atoms with van der Waals surface area (Å²) in [4.78, 5) is 11.9. The van der Waals surface area contributed by atoms with Crippen LogP contribution in [0.1, 0.15) is 22.0 Å². The van der Waals surface area contributed by atoms with Crippen molar-refractivity contribution in [2.24, 2.45) is 0 Å². The summed E-state index contributed by atoms with van der Waals surface area (Å²) in [7, 11) is 0. The van der Waals surface area contributed by atoms with E-state index >= 15 is 0 Å². The SMILES string of the molecule is Nc1ccc(C(O)CNC(=O)c2cccc(F)c2Cl)cc1. The van der Waals surface area contributed by atoms with E-state index in [1.807, 2.05) is 0 Å². The van der Waals surface area contributed by atoms with E-state index in [0.29, 0.717) is 11.3 Å². The van der Waals surface area contributed by atoms with Gasteiger partial charge in [0.1, 0.15) is 5.82 Å². The van der Waals surface area contributed by atoms with Gasteiger partial charge in [0, 0.05) is 12.2 Å². The number of aliphatic hydroxyl groups is 1. The number of aliphatic hydroxyl groups excluding tert-OH is 1. The van der Waals surface area contributed by atoms with Crippen molar-refractivity contribution in [3.8, 4) is 0 Å². The van der Waals surface area contributed by atoms with Gasteiger partial charge in [0.2, 0.25) is 0 Å². The molecule has 1 atom stereocenters. The molecule has 2 aromatic rings. The molecule has 0 aliphatic carbocycles. The van der Waals surface area contributed by atoms with Crippen molar-refractivity contribution in [1.82, 2.24) is 5.32 Å². The van der Waals surface area contributed by atoms with Crippen LogP contribution in [0.5, 0.6) is 0 Å². The zero-order chi connectivity index (χ0) is 15.4. The summed E-state index contributed by atoms with van der Waals surface area (Å²) in [6.07, 6.45) is -0.887. The highest BCUT2D eigenvalue weighted by molar-refractivity contribution is 6.34. The molecular formula is C15H14ClFN2O2. The van der Waals surface area contributed by atoms with Crippen molar-refractivity contribution in [3.05, 3.63) is 64.4 Å². The minimum atomic E-state index is -0.887. The normalized spacial score (nSPS) is 12.0. The summed E-state index contributed by atoms with van der Waals surface area (Å²) in [6.45, 7) is -0.0183. The van der Waals surface area contributed by atoms with Gasteiger partial charge in [-0.3, -0.25) is 4.79 Å². The van der Waals surface area contributed by atoms with Gasteiger partial charge in [-0.2, -0.15) is 0 Å². The number of hydrogen-bond donors (Lipinski definition) is 3. The smallest absolute Gasteiger partial charge is 0.253 e. The van der Waals surface area contributed by atoms with Crippen LogP contribution in [0.3, 0.4) is 0 Å². The lowest BCUT2D eigenvalue weighted by molar-refractivity contribution is 0.0916. The third-order valence-electron chi connectivity index (χ3n) is 2.97. The number of rotatable bonds is 4. The Hall–Kier alpha value is -2.11. The third-order valence-corrected chi connectivity index (χ3v) is 3.36. The molecule has 4 N–H and O–H groups in total. The summed E-state index contributed by atoms with van der Waals surface area (Å²) >= 11 is 5.73. The van der Waals surface area contributed by atoms with Crippen molar-refractivity contribution in [2.45, 2.75) is 6.10 Å². The predicted molar refractivity (Wildman–Crippen MR) is 79.6 cm³/mol. The number of nitrogen functional groups attached to an aromatic ring is 1. The predicted octanol–water partition coefficient (Wildman–Crippen LogP) is 2.52. The summed E-state index contributed by atoms with van der Waals surface area (Å²) in [5.41, 5.74) is 6.79. The maximum Gasteiger partial charge on any atom is 0.253 e. The van der Waals surface area contributed by atoms with E-state index < -0.39 is 17.8 Å². The van der Waals surface area contributed by atoms with Crippen molar-refractivity contribution in [3.63, 3.8) is 0 Å². The first-order chi connectivity index (χ1) is 9.99. The molecule has 0 fully saturated rings. The highest BCUT2D eigenvalue weighted by atomic mass is 35.5. The van der Waals surface area contributed by atoms with Crippen molar-refractivity contribution >= 4 is 23.2 Å². The molecule has 0 aliphatic heterocycles. The second-order valence-electron chi connectivity index (χ2n) is 4.49. The molecule has 0 saturated heterocycles. The minimum absolute atomic E-state index is 0.0183. The number of hydrogen-bond acceptors (Lipinski definition) is 3. The van der Waals surface area contributed by atoms with E-state index in [0.717, 1.165) is 0 Å². The minimum Gasteiger partial charge on any atom is -0.399 e. The fraction of sp³-hybridized carbons (Fsp3) is 0.133. The Morgan fingerprint density at radius 2 is 1.95 bits per heavy atom. The highest BCUT2D eigenvalue weighted by Crippen LogP contribution is 2.20. The fourth-order valence-corrected chi connectivity index (χ4v) is 2.01. The summed E-state index contributed by atoms with van der Waals surface area (Å²) < 4.78 is 13.3. The number of anilines is 1. The van der Waals surface area contributed by atoms with Crippen molar-refractivity contribution in [1.29, 1.82) is 0 Å². The molecule has 21 heavy (non-hydrogen) atoms. The Balaban J connectivity index is 2.00. The number of amides is 1. The van der Waals surface area contributed by atoms with Crippen molar-refractivity contribution < 1.29 is 14.3 Å². The molecule has 2 aromatic carbocycles. The van der Waals surface area contributed by atoms with Crippen LogP contribution in [0.15, 0.2) is 42.5 Å². The molecular weight excluding hydrogens is 295 g/mol. The van der Waals surface area contributed by atoms with E-state index in [9.17, 15) is 14.3 Å². The second kappa shape index (κ2) is 6.56. The zero-order valence-corrected chi connectivity index (χ0v) is 11.8. The average molecular weight is 309 g/mol. The van der Waals surface area contributed by atoms with Gasteiger partial charge in [0.15, 0.2) is 0 Å². The van der Waals surface area contributed by atoms with Gasteiger partial charge in [0.25, 0.3) is 5.91 Å². The first-order valence-corrected chi connectivity index (χ1v) is 6.62. The molecule has 0 aliphatic rings. The topological polar surface area (TPSA) is 75.3 Å². The molecule has 0 saturated carbocycles. The van der Waals surface area contributed by atoms with Crippen LogP contribution in [0.25, 0.3) is 0 Å². The van der Waals surface area contributed by atoms with E-state index in [1.165, 1.54) is 18.2 Å².